The summed E-state index contributed by atoms with van der Waals surface area (Å²) < 4.78 is 3.72. The van der Waals surface area contributed by atoms with Crippen molar-refractivity contribution >= 4 is 35.1 Å². The van der Waals surface area contributed by atoms with Crippen molar-refractivity contribution in [3.05, 3.63) is 65.4 Å². The van der Waals surface area contributed by atoms with E-state index in [-0.39, 0.29) is 22.9 Å². The summed E-state index contributed by atoms with van der Waals surface area (Å²) in [5.74, 6) is 2.60. The minimum Gasteiger partial charge on any atom is -1.00 e. The van der Waals surface area contributed by atoms with E-state index in [1.54, 1.807) is 18.2 Å². The van der Waals surface area contributed by atoms with Crippen LogP contribution < -0.4 is 26.9 Å². The molecule has 1 amide bonds. The molecule has 1 aliphatic rings. The standard InChI is InChI=1S/C25H22N6OS.BrH/c1-2-13-30-22-10-5-3-4-7-17(22)14-19-15-20(11-12-23(19)30)26-24(32)18-8-6-9-21(16-18)31-25(33)27-28-29-31;/h1,6,8-9,11-12,14-16H,3-5,7,10,13H2,(H-,26,27,29,32,33);1H. The smallest absolute Gasteiger partial charge is 0.255 e. The van der Waals surface area contributed by atoms with Crippen molar-refractivity contribution in [3.8, 4) is 18.0 Å². The van der Waals surface area contributed by atoms with Crippen molar-refractivity contribution in [1.82, 2.24) is 20.2 Å². The molecule has 0 fully saturated rings. The fourth-order valence-electron chi connectivity index (χ4n) is 4.48. The van der Waals surface area contributed by atoms with Gasteiger partial charge >= 0.3 is 0 Å². The van der Waals surface area contributed by atoms with Gasteiger partial charge in [-0.3, -0.25) is 4.79 Å². The number of carbonyl (C=O) groups excluding carboxylic acids is 1. The normalized spacial score (nSPS) is 12.8. The molecule has 5 rings (SSSR count). The van der Waals surface area contributed by atoms with E-state index < -0.39 is 0 Å². The Morgan fingerprint density at radius 2 is 2.00 bits per heavy atom. The van der Waals surface area contributed by atoms with E-state index >= 15 is 0 Å². The lowest BCUT2D eigenvalue weighted by molar-refractivity contribution is -0.666. The van der Waals surface area contributed by atoms with Gasteiger partial charge in [0.15, 0.2) is 5.69 Å². The number of aryl methyl sites for hydroxylation is 1. The average molecular weight is 535 g/mol. The lowest BCUT2D eigenvalue weighted by Crippen LogP contribution is -3.00. The topological polar surface area (TPSA) is 76.6 Å². The van der Waals surface area contributed by atoms with Gasteiger partial charge in [-0.25, -0.2) is 0 Å². The van der Waals surface area contributed by atoms with Crippen molar-refractivity contribution in [2.75, 3.05) is 5.32 Å². The highest BCUT2D eigenvalue weighted by Crippen LogP contribution is 2.25. The Morgan fingerprint density at radius 1 is 1.15 bits per heavy atom. The largest absolute Gasteiger partial charge is 1.00 e. The van der Waals surface area contributed by atoms with Crippen LogP contribution in [0.3, 0.4) is 0 Å². The van der Waals surface area contributed by atoms with Crippen LogP contribution in [0.1, 0.15) is 40.9 Å². The first kappa shape index (κ1) is 23.9. The van der Waals surface area contributed by atoms with Gasteiger partial charge in [0.25, 0.3) is 5.91 Å². The molecule has 9 heteroatoms. The molecule has 34 heavy (non-hydrogen) atoms. The maximum atomic E-state index is 13.0. The second-order valence-electron chi connectivity index (χ2n) is 8.14. The molecule has 172 valence electrons. The van der Waals surface area contributed by atoms with E-state index in [2.05, 4.69) is 50.0 Å². The van der Waals surface area contributed by atoms with Crippen LogP contribution in [0.2, 0.25) is 0 Å². The molecule has 0 unspecified atom stereocenters. The van der Waals surface area contributed by atoms with Crippen molar-refractivity contribution in [1.29, 1.82) is 0 Å². The Hall–Kier alpha value is -3.22. The van der Waals surface area contributed by atoms with Crippen molar-refractivity contribution in [2.45, 2.75) is 43.8 Å². The van der Waals surface area contributed by atoms with Crippen molar-refractivity contribution < 1.29 is 26.3 Å². The van der Waals surface area contributed by atoms with Crippen LogP contribution >= 0.6 is 12.6 Å². The Labute approximate surface area is 213 Å². The lowest BCUT2D eigenvalue weighted by Gasteiger charge is -2.11. The molecule has 0 saturated heterocycles. The van der Waals surface area contributed by atoms with E-state index in [0.29, 0.717) is 23.0 Å². The molecule has 0 aliphatic heterocycles. The number of hydrogen-bond acceptors (Lipinski definition) is 5. The molecule has 7 nitrogen and oxygen atoms in total. The summed E-state index contributed by atoms with van der Waals surface area (Å²) in [6.07, 6.45) is 11.4. The minimum absolute atomic E-state index is 0. The van der Waals surface area contributed by atoms with Gasteiger partial charge < -0.3 is 22.3 Å². The molecule has 0 saturated carbocycles. The number of benzene rings is 2. The molecule has 0 radical (unpaired) electrons. The van der Waals surface area contributed by atoms with Gasteiger partial charge in [0.05, 0.1) is 5.69 Å². The fraction of sp³-hybridized carbons (Fsp3) is 0.240. The zero-order valence-electron chi connectivity index (χ0n) is 18.4. The Balaban J connectivity index is 0.00000274. The molecule has 2 aromatic carbocycles. The van der Waals surface area contributed by atoms with Crippen molar-refractivity contribution in [3.63, 3.8) is 0 Å². The number of terminal acetylenes is 1. The zero-order chi connectivity index (χ0) is 22.8. The van der Waals surface area contributed by atoms with Crippen LogP contribution in [0.5, 0.6) is 0 Å². The maximum Gasteiger partial charge on any atom is 0.255 e. The molecule has 1 aliphatic carbocycles. The van der Waals surface area contributed by atoms with Gasteiger partial charge in [-0.05, 0) is 72.0 Å². The average Bonchev–Trinajstić information content (AvgIpc) is 3.11. The second-order valence-corrected chi connectivity index (χ2v) is 8.54. The summed E-state index contributed by atoms with van der Waals surface area (Å²) >= 11 is 4.24. The number of tetrazole rings is 1. The highest BCUT2D eigenvalue weighted by Gasteiger charge is 2.22. The number of hydrogen-bond donors (Lipinski definition) is 2. The number of pyridine rings is 1. The van der Waals surface area contributed by atoms with Crippen LogP contribution in [0, 0.1) is 12.3 Å². The monoisotopic (exact) mass is 534 g/mol. The number of halogens is 1. The van der Waals surface area contributed by atoms with E-state index in [0.717, 1.165) is 29.4 Å². The predicted molar refractivity (Wildman–Crippen MR) is 129 cm³/mol. The number of amides is 1. The highest BCUT2D eigenvalue weighted by atomic mass is 79.9. The molecule has 0 spiro atoms. The Bertz CT molecular complexity index is 1410. The van der Waals surface area contributed by atoms with Gasteiger partial charge in [-0.2, -0.15) is 9.25 Å². The van der Waals surface area contributed by atoms with E-state index in [1.807, 2.05) is 24.3 Å². The molecular weight excluding hydrogens is 512 g/mol. The van der Waals surface area contributed by atoms with Gasteiger partial charge in [0.2, 0.25) is 17.2 Å². The summed E-state index contributed by atoms with van der Waals surface area (Å²) in [5.41, 5.74) is 5.69. The minimum atomic E-state index is -0.212. The summed E-state index contributed by atoms with van der Waals surface area (Å²) in [4.78, 5) is 13.0. The van der Waals surface area contributed by atoms with E-state index in [4.69, 9.17) is 6.42 Å². The SMILES string of the molecule is C#CC[n+]1c2c(cc3cc(NC(=O)c4cccc(-n5nnnc5S)c4)ccc31)CCCCC2.[Br-]. The van der Waals surface area contributed by atoms with Gasteiger partial charge in [0, 0.05) is 34.7 Å². The Kier molecular flexibility index (Phi) is 7.29. The summed E-state index contributed by atoms with van der Waals surface area (Å²) in [6, 6.07) is 15.3. The van der Waals surface area contributed by atoms with Gasteiger partial charge in [-0.1, -0.05) is 12.5 Å². The van der Waals surface area contributed by atoms with Gasteiger partial charge in [-0.15, -0.1) is 24.2 Å². The first-order valence-corrected chi connectivity index (χ1v) is 11.4. The third-order valence-electron chi connectivity index (χ3n) is 6.02. The Morgan fingerprint density at radius 3 is 2.79 bits per heavy atom. The van der Waals surface area contributed by atoms with E-state index in [1.165, 1.54) is 35.2 Å². The molecule has 4 aromatic rings. The first-order chi connectivity index (χ1) is 16.1. The number of aromatic nitrogens is 5. The number of nitrogens with zero attached hydrogens (tertiary/aromatic N) is 5. The van der Waals surface area contributed by atoms with Crippen LogP contribution in [0.25, 0.3) is 16.6 Å². The lowest BCUT2D eigenvalue weighted by atomic mass is 10.0. The maximum absolute atomic E-state index is 13.0. The predicted octanol–water partition coefficient (Wildman–Crippen LogP) is 0.550. The molecular formula is C25H23BrN6OS. The molecule has 2 aromatic heterocycles. The third-order valence-corrected chi connectivity index (χ3v) is 6.30. The number of thiol groups is 1. The van der Waals surface area contributed by atoms with Crippen LogP contribution in [0.15, 0.2) is 53.7 Å². The molecule has 0 bridgehead atoms. The quantitative estimate of drug-likeness (QED) is 0.173. The molecule has 1 N–H and O–H groups in total. The molecule has 2 heterocycles. The van der Waals surface area contributed by atoms with Crippen LogP contribution in [0.4, 0.5) is 5.69 Å². The fourth-order valence-corrected chi connectivity index (χ4v) is 4.68. The first-order valence-electron chi connectivity index (χ1n) is 10.9. The van der Waals surface area contributed by atoms with E-state index in [9.17, 15) is 4.79 Å². The number of nitrogens with one attached hydrogen (secondary N) is 1. The highest BCUT2D eigenvalue weighted by molar-refractivity contribution is 7.80. The number of anilines is 1. The number of rotatable bonds is 4. The number of carbonyl (C=O) groups is 1. The van der Waals surface area contributed by atoms with Crippen LogP contribution in [-0.2, 0) is 19.4 Å². The second kappa shape index (κ2) is 10.4. The number of fused-ring (bicyclic) bond motifs is 2. The third kappa shape index (κ3) is 4.69. The van der Waals surface area contributed by atoms with Crippen molar-refractivity contribution in [2.24, 2.45) is 0 Å². The molecule has 0 atom stereocenters. The summed E-state index contributed by atoms with van der Waals surface area (Å²) in [7, 11) is 0. The summed E-state index contributed by atoms with van der Waals surface area (Å²) in [6.45, 7) is 0.544. The van der Waals surface area contributed by atoms with Gasteiger partial charge in [0.1, 0.15) is 0 Å². The zero-order valence-corrected chi connectivity index (χ0v) is 20.9. The summed E-state index contributed by atoms with van der Waals surface area (Å²) in [5, 5.41) is 15.7. The van der Waals surface area contributed by atoms with Crippen LogP contribution in [-0.4, -0.2) is 26.1 Å².